The minimum Gasteiger partial charge on any atom is -0.324 e. The van der Waals surface area contributed by atoms with Gasteiger partial charge in [0.1, 0.15) is 0 Å². The van der Waals surface area contributed by atoms with Crippen LogP contribution < -0.4 is 5.73 Å². The van der Waals surface area contributed by atoms with Crippen molar-refractivity contribution in [2.45, 2.75) is 37.9 Å². The molecule has 0 saturated heterocycles. The van der Waals surface area contributed by atoms with Crippen molar-refractivity contribution in [3.63, 3.8) is 0 Å². The summed E-state index contributed by atoms with van der Waals surface area (Å²) >= 11 is 0. The lowest BCUT2D eigenvalue weighted by atomic mass is 9.80. The van der Waals surface area contributed by atoms with Gasteiger partial charge >= 0.3 is 6.18 Å². The molecule has 4 heteroatoms. The Hall–Kier alpha value is -1.03. The van der Waals surface area contributed by atoms with Gasteiger partial charge in [0, 0.05) is 6.04 Å². The van der Waals surface area contributed by atoms with Crippen LogP contribution in [0.25, 0.3) is 0 Å². The molecule has 0 heterocycles. The van der Waals surface area contributed by atoms with Gasteiger partial charge in [0.2, 0.25) is 0 Å². The molecule has 1 nitrogen and oxygen atoms in total. The fraction of sp³-hybridized carbons (Fsp3) is 0.538. The highest BCUT2D eigenvalue weighted by atomic mass is 19.4. The molecule has 0 bridgehead atoms. The summed E-state index contributed by atoms with van der Waals surface area (Å²) in [7, 11) is 0. The van der Waals surface area contributed by atoms with Gasteiger partial charge in [0.25, 0.3) is 0 Å². The van der Waals surface area contributed by atoms with Crippen LogP contribution in [0.4, 0.5) is 13.2 Å². The molecule has 0 aliphatic heterocycles. The average Bonchev–Trinajstić information content (AvgIpc) is 2.22. The van der Waals surface area contributed by atoms with E-state index < -0.39 is 11.7 Å². The molecular weight excluding hydrogens is 227 g/mol. The maximum absolute atomic E-state index is 12.5. The lowest BCUT2D eigenvalue weighted by Gasteiger charge is -2.28. The van der Waals surface area contributed by atoms with Crippen LogP contribution in [0.3, 0.4) is 0 Å². The summed E-state index contributed by atoms with van der Waals surface area (Å²) in [6.07, 6.45) is 0.0484. The van der Waals surface area contributed by atoms with Crippen molar-refractivity contribution in [3.8, 4) is 0 Å². The molecule has 1 unspecified atom stereocenters. The molecule has 2 N–H and O–H groups in total. The highest BCUT2D eigenvalue weighted by Gasteiger charge is 2.31. The van der Waals surface area contributed by atoms with E-state index in [1.807, 2.05) is 0 Å². The molecule has 0 aromatic heterocycles. The average molecular weight is 243 g/mol. The lowest BCUT2D eigenvalue weighted by Crippen LogP contribution is -2.20. The number of benzene rings is 1. The zero-order valence-corrected chi connectivity index (χ0v) is 9.50. The summed E-state index contributed by atoms with van der Waals surface area (Å²) in [5.41, 5.74) is 5.93. The van der Waals surface area contributed by atoms with Crippen LogP contribution in [0, 0.1) is 5.92 Å². The summed E-state index contributed by atoms with van der Waals surface area (Å²) in [5, 5.41) is 0. The van der Waals surface area contributed by atoms with Crippen LogP contribution in [0.5, 0.6) is 0 Å². The van der Waals surface area contributed by atoms with Crippen LogP contribution in [0.2, 0.25) is 0 Å². The van der Waals surface area contributed by atoms with Crippen LogP contribution in [0.15, 0.2) is 24.3 Å². The Labute approximate surface area is 98.8 Å². The Morgan fingerprint density at radius 2 is 2.00 bits per heavy atom. The quantitative estimate of drug-likeness (QED) is 0.856. The first-order valence-corrected chi connectivity index (χ1v) is 5.89. The fourth-order valence-corrected chi connectivity index (χ4v) is 2.17. The summed E-state index contributed by atoms with van der Waals surface area (Å²) < 4.78 is 37.6. The Morgan fingerprint density at radius 3 is 2.53 bits per heavy atom. The van der Waals surface area contributed by atoms with Gasteiger partial charge in [0.05, 0.1) is 5.56 Å². The van der Waals surface area contributed by atoms with Crippen molar-refractivity contribution in [1.29, 1.82) is 0 Å². The molecule has 1 aromatic rings. The molecule has 1 atom stereocenters. The number of alkyl halides is 3. The standard InChI is InChI=1S/C13H16F3N/c14-13(15,16)11-6-2-5-10(8-11)12(17)7-9-3-1-4-9/h2,5-6,8-9,12H,1,3-4,7,17H2. The van der Waals surface area contributed by atoms with E-state index in [-0.39, 0.29) is 6.04 Å². The first-order chi connectivity index (χ1) is 7.97. The Morgan fingerprint density at radius 1 is 1.29 bits per heavy atom. The fourth-order valence-electron chi connectivity index (χ4n) is 2.17. The molecular formula is C13H16F3N. The normalized spacial score (nSPS) is 18.8. The lowest BCUT2D eigenvalue weighted by molar-refractivity contribution is -0.137. The molecule has 1 aliphatic rings. The Bertz CT molecular complexity index is 382. The molecule has 1 fully saturated rings. The smallest absolute Gasteiger partial charge is 0.324 e. The van der Waals surface area contributed by atoms with E-state index in [1.165, 1.54) is 18.6 Å². The molecule has 17 heavy (non-hydrogen) atoms. The van der Waals surface area contributed by atoms with E-state index in [4.69, 9.17) is 5.73 Å². The number of hydrogen-bond donors (Lipinski definition) is 1. The Balaban J connectivity index is 2.09. The highest BCUT2D eigenvalue weighted by molar-refractivity contribution is 5.27. The van der Waals surface area contributed by atoms with Crippen LogP contribution >= 0.6 is 0 Å². The second-order valence-corrected chi connectivity index (χ2v) is 4.76. The maximum atomic E-state index is 12.5. The second kappa shape index (κ2) is 4.69. The minimum atomic E-state index is -4.29. The summed E-state index contributed by atoms with van der Waals surface area (Å²) in [4.78, 5) is 0. The Kier molecular flexibility index (Phi) is 3.43. The van der Waals surface area contributed by atoms with E-state index in [1.54, 1.807) is 6.07 Å². The minimum absolute atomic E-state index is 0.275. The van der Waals surface area contributed by atoms with E-state index in [0.29, 0.717) is 11.5 Å². The van der Waals surface area contributed by atoms with Crippen LogP contribution in [0.1, 0.15) is 42.9 Å². The first-order valence-electron chi connectivity index (χ1n) is 5.89. The van der Waals surface area contributed by atoms with E-state index in [0.717, 1.165) is 25.3 Å². The molecule has 0 amide bonds. The molecule has 0 radical (unpaired) electrons. The topological polar surface area (TPSA) is 26.0 Å². The highest BCUT2D eigenvalue weighted by Crippen LogP contribution is 2.35. The number of nitrogens with two attached hydrogens (primary N) is 1. The molecule has 1 aromatic carbocycles. The molecule has 1 saturated carbocycles. The third-order valence-electron chi connectivity index (χ3n) is 3.45. The van der Waals surface area contributed by atoms with Crippen molar-refractivity contribution in [1.82, 2.24) is 0 Å². The van der Waals surface area contributed by atoms with Gasteiger partial charge < -0.3 is 5.73 Å². The predicted molar refractivity (Wildman–Crippen MR) is 60.3 cm³/mol. The first kappa shape index (κ1) is 12.4. The third kappa shape index (κ3) is 3.00. The van der Waals surface area contributed by atoms with Gasteiger partial charge in [-0.1, -0.05) is 31.4 Å². The van der Waals surface area contributed by atoms with Crippen molar-refractivity contribution >= 4 is 0 Å². The number of rotatable bonds is 3. The predicted octanol–water partition coefficient (Wildman–Crippen LogP) is 3.90. The van der Waals surface area contributed by atoms with Gasteiger partial charge in [0.15, 0.2) is 0 Å². The monoisotopic (exact) mass is 243 g/mol. The van der Waals surface area contributed by atoms with Crippen molar-refractivity contribution in [3.05, 3.63) is 35.4 Å². The van der Waals surface area contributed by atoms with Crippen molar-refractivity contribution < 1.29 is 13.2 Å². The van der Waals surface area contributed by atoms with Gasteiger partial charge in [-0.2, -0.15) is 13.2 Å². The summed E-state index contributed by atoms with van der Waals surface area (Å²) in [6, 6.07) is 5.09. The summed E-state index contributed by atoms with van der Waals surface area (Å²) in [5.74, 6) is 0.597. The molecule has 1 aliphatic carbocycles. The largest absolute Gasteiger partial charge is 0.416 e. The van der Waals surface area contributed by atoms with Gasteiger partial charge in [-0.3, -0.25) is 0 Å². The summed E-state index contributed by atoms with van der Waals surface area (Å²) in [6.45, 7) is 0. The van der Waals surface area contributed by atoms with Gasteiger partial charge in [-0.15, -0.1) is 0 Å². The zero-order valence-electron chi connectivity index (χ0n) is 9.50. The van der Waals surface area contributed by atoms with Crippen molar-refractivity contribution in [2.24, 2.45) is 11.7 Å². The molecule has 2 rings (SSSR count). The second-order valence-electron chi connectivity index (χ2n) is 4.76. The van der Waals surface area contributed by atoms with Gasteiger partial charge in [-0.25, -0.2) is 0 Å². The SMILES string of the molecule is NC(CC1CCC1)c1cccc(C(F)(F)F)c1. The molecule has 94 valence electrons. The van der Waals surface area contributed by atoms with Crippen molar-refractivity contribution in [2.75, 3.05) is 0 Å². The van der Waals surface area contributed by atoms with E-state index in [9.17, 15) is 13.2 Å². The van der Waals surface area contributed by atoms with E-state index >= 15 is 0 Å². The van der Waals surface area contributed by atoms with Gasteiger partial charge in [-0.05, 0) is 30.0 Å². The van der Waals surface area contributed by atoms with E-state index in [2.05, 4.69) is 0 Å². The maximum Gasteiger partial charge on any atom is 0.416 e. The zero-order chi connectivity index (χ0) is 12.5. The number of hydrogen-bond acceptors (Lipinski definition) is 1. The van der Waals surface area contributed by atoms with Crippen LogP contribution in [-0.4, -0.2) is 0 Å². The van der Waals surface area contributed by atoms with Crippen LogP contribution in [-0.2, 0) is 6.18 Å². The third-order valence-corrected chi connectivity index (χ3v) is 3.45. The number of halogens is 3. The molecule has 0 spiro atoms.